The van der Waals surface area contributed by atoms with Gasteiger partial charge in [-0.3, -0.25) is 0 Å². The molecule has 0 aliphatic carbocycles. The number of sulfonamides is 1. The van der Waals surface area contributed by atoms with Crippen LogP contribution in [-0.2, 0) is 19.6 Å². The van der Waals surface area contributed by atoms with Crippen molar-refractivity contribution in [2.24, 2.45) is 0 Å². The number of carbonyl (C=O) groups is 1. The molecule has 0 heterocycles. The molecule has 0 radical (unpaired) electrons. The van der Waals surface area contributed by atoms with Gasteiger partial charge in [0.1, 0.15) is 6.61 Å². The van der Waals surface area contributed by atoms with E-state index in [-0.39, 0.29) is 5.57 Å². The molecule has 0 rings (SSSR count). The third-order valence-electron chi connectivity index (χ3n) is 2.44. The monoisotopic (exact) mass is 375 g/mol. The fraction of sp³-hybridized carbons (Fsp3) is 0.700. The zero-order valence-electron chi connectivity index (χ0n) is 11.8. The Morgan fingerprint density at radius 1 is 1.13 bits per heavy atom. The van der Waals surface area contributed by atoms with E-state index >= 15 is 0 Å². The van der Waals surface area contributed by atoms with Gasteiger partial charge in [0, 0.05) is 19.2 Å². The van der Waals surface area contributed by atoms with Gasteiger partial charge in [0.25, 0.3) is 10.0 Å². The Morgan fingerprint density at radius 3 is 1.91 bits per heavy atom. The second kappa shape index (κ2) is 6.63. The lowest BCUT2D eigenvalue weighted by Gasteiger charge is -2.30. The predicted molar refractivity (Wildman–Crippen MR) is 63.3 cm³/mol. The standard InChI is InChI=1S/C10H12F7NO4S/c1-6(2)7(19)22-5-4-18(3)23(20,21)10(16,17)8(11,12)9(13,14)15/h1,4-5H2,2-3H3. The Kier molecular flexibility index (Phi) is 6.23. The van der Waals surface area contributed by atoms with Gasteiger partial charge in [-0.05, 0) is 6.92 Å². The topological polar surface area (TPSA) is 63.7 Å². The van der Waals surface area contributed by atoms with Crippen LogP contribution in [0.5, 0.6) is 0 Å². The highest BCUT2D eigenvalue weighted by atomic mass is 32.2. The van der Waals surface area contributed by atoms with E-state index in [1.54, 1.807) is 0 Å². The zero-order chi connectivity index (χ0) is 18.9. The van der Waals surface area contributed by atoms with E-state index in [0.29, 0.717) is 7.05 Å². The molecule has 0 aromatic rings. The molecule has 0 amide bonds. The van der Waals surface area contributed by atoms with Crippen molar-refractivity contribution in [2.45, 2.75) is 24.3 Å². The molecule has 136 valence electrons. The van der Waals surface area contributed by atoms with Gasteiger partial charge in [0.2, 0.25) is 0 Å². The van der Waals surface area contributed by atoms with Crippen molar-refractivity contribution >= 4 is 16.0 Å². The highest BCUT2D eigenvalue weighted by Crippen LogP contribution is 2.49. The van der Waals surface area contributed by atoms with E-state index in [1.807, 2.05) is 0 Å². The lowest BCUT2D eigenvalue weighted by molar-refractivity contribution is -0.332. The minimum Gasteiger partial charge on any atom is -0.461 e. The Labute approximate surface area is 126 Å². The summed E-state index contributed by atoms with van der Waals surface area (Å²) in [6.45, 7) is 2.44. The molecule has 0 saturated heterocycles. The number of nitrogens with zero attached hydrogens (tertiary/aromatic N) is 1. The summed E-state index contributed by atoms with van der Waals surface area (Å²) in [5, 5.41) is -6.44. The Balaban J connectivity index is 5.24. The van der Waals surface area contributed by atoms with Crippen LogP contribution in [0, 0.1) is 0 Å². The van der Waals surface area contributed by atoms with Gasteiger partial charge in [-0.1, -0.05) is 6.58 Å². The van der Waals surface area contributed by atoms with E-state index in [9.17, 15) is 43.9 Å². The maximum Gasteiger partial charge on any atom is 0.461 e. The molecular formula is C10H12F7NO4S. The van der Waals surface area contributed by atoms with Gasteiger partial charge in [0.15, 0.2) is 0 Å². The van der Waals surface area contributed by atoms with Gasteiger partial charge < -0.3 is 4.74 Å². The molecule has 0 atom stereocenters. The summed E-state index contributed by atoms with van der Waals surface area (Å²) in [6, 6.07) is 0. The first kappa shape index (κ1) is 21.6. The molecule has 0 aliphatic heterocycles. The minimum atomic E-state index is -6.80. The lowest BCUT2D eigenvalue weighted by atomic mass is 10.3. The fourth-order valence-electron chi connectivity index (χ4n) is 1.03. The van der Waals surface area contributed by atoms with Crippen molar-refractivity contribution in [3.63, 3.8) is 0 Å². The summed E-state index contributed by atoms with van der Waals surface area (Å²) in [5.41, 5.74) is -0.121. The highest BCUT2D eigenvalue weighted by Gasteiger charge is 2.79. The summed E-state index contributed by atoms with van der Waals surface area (Å²) >= 11 is 0. The van der Waals surface area contributed by atoms with Gasteiger partial charge in [-0.15, -0.1) is 0 Å². The lowest BCUT2D eigenvalue weighted by Crippen LogP contribution is -2.59. The fourth-order valence-corrected chi connectivity index (χ4v) is 2.18. The summed E-state index contributed by atoms with van der Waals surface area (Å²) in [7, 11) is -6.04. The molecule has 0 spiro atoms. The summed E-state index contributed by atoms with van der Waals surface area (Å²) in [4.78, 5) is 11.0. The van der Waals surface area contributed by atoms with Crippen molar-refractivity contribution in [3.8, 4) is 0 Å². The third-order valence-corrected chi connectivity index (χ3v) is 4.35. The summed E-state index contributed by atoms with van der Waals surface area (Å²) in [6.07, 6.45) is -6.78. The number of hydrogen-bond donors (Lipinski definition) is 0. The number of likely N-dealkylation sites (N-methyl/N-ethyl adjacent to an activating group) is 1. The van der Waals surface area contributed by atoms with E-state index in [2.05, 4.69) is 11.3 Å². The molecular weight excluding hydrogens is 363 g/mol. The number of hydrogen-bond acceptors (Lipinski definition) is 4. The maximum atomic E-state index is 13.2. The molecule has 0 saturated carbocycles. The summed E-state index contributed by atoms with van der Waals surface area (Å²) in [5.74, 6) is -7.83. The van der Waals surface area contributed by atoms with E-state index in [1.165, 1.54) is 6.92 Å². The SMILES string of the molecule is C=C(C)C(=O)OCCN(C)S(=O)(=O)C(F)(F)C(F)(F)C(F)(F)F. The van der Waals surface area contributed by atoms with Crippen LogP contribution in [0.2, 0.25) is 0 Å². The normalized spacial score (nSPS) is 14.0. The van der Waals surface area contributed by atoms with Crippen LogP contribution >= 0.6 is 0 Å². The molecule has 0 N–H and O–H groups in total. The number of alkyl halides is 7. The van der Waals surface area contributed by atoms with Crippen LogP contribution in [0.15, 0.2) is 12.2 Å². The summed E-state index contributed by atoms with van der Waals surface area (Å²) < 4.78 is 114. The van der Waals surface area contributed by atoms with Gasteiger partial charge in [-0.25, -0.2) is 13.2 Å². The van der Waals surface area contributed by atoms with Crippen LogP contribution in [0.25, 0.3) is 0 Å². The maximum absolute atomic E-state index is 13.2. The van der Waals surface area contributed by atoms with Crippen molar-refractivity contribution in [1.82, 2.24) is 4.31 Å². The number of rotatable bonds is 7. The van der Waals surface area contributed by atoms with Crippen molar-refractivity contribution in [3.05, 3.63) is 12.2 Å². The van der Waals surface area contributed by atoms with Crippen molar-refractivity contribution < 1.29 is 48.7 Å². The van der Waals surface area contributed by atoms with Crippen LogP contribution in [0.1, 0.15) is 6.92 Å². The van der Waals surface area contributed by atoms with Gasteiger partial charge in [0.05, 0.1) is 0 Å². The van der Waals surface area contributed by atoms with Gasteiger partial charge in [-0.2, -0.15) is 35.0 Å². The second-order valence-electron chi connectivity index (χ2n) is 4.33. The van der Waals surface area contributed by atoms with Crippen LogP contribution in [0.3, 0.4) is 0 Å². The first-order valence-electron chi connectivity index (χ1n) is 5.61. The molecule has 23 heavy (non-hydrogen) atoms. The minimum absolute atomic E-state index is 0.121. The zero-order valence-corrected chi connectivity index (χ0v) is 12.6. The molecule has 0 unspecified atom stereocenters. The van der Waals surface area contributed by atoms with E-state index in [4.69, 9.17) is 0 Å². The largest absolute Gasteiger partial charge is 0.461 e. The quantitative estimate of drug-likeness (QED) is 0.389. The van der Waals surface area contributed by atoms with Crippen molar-refractivity contribution in [1.29, 1.82) is 0 Å². The molecule has 13 heteroatoms. The number of carbonyl (C=O) groups excluding carboxylic acids is 1. The molecule has 5 nitrogen and oxygen atoms in total. The van der Waals surface area contributed by atoms with Crippen LogP contribution in [0.4, 0.5) is 30.7 Å². The van der Waals surface area contributed by atoms with Gasteiger partial charge >= 0.3 is 23.3 Å². The number of esters is 1. The first-order valence-corrected chi connectivity index (χ1v) is 7.05. The van der Waals surface area contributed by atoms with Crippen molar-refractivity contribution in [2.75, 3.05) is 20.2 Å². The van der Waals surface area contributed by atoms with E-state index < -0.39 is 50.8 Å². The highest BCUT2D eigenvalue weighted by molar-refractivity contribution is 7.90. The second-order valence-corrected chi connectivity index (χ2v) is 6.42. The Hall–Kier alpha value is -1.37. The average molecular weight is 375 g/mol. The molecule has 0 aromatic heterocycles. The molecule has 0 aliphatic rings. The smallest absolute Gasteiger partial charge is 0.461 e. The predicted octanol–water partition coefficient (Wildman–Crippen LogP) is 2.16. The number of ether oxygens (including phenoxy) is 1. The molecule has 0 fully saturated rings. The van der Waals surface area contributed by atoms with Crippen LogP contribution < -0.4 is 0 Å². The number of halogens is 7. The first-order chi connectivity index (χ1) is 10.00. The third kappa shape index (κ3) is 4.13. The Bertz CT molecular complexity index is 570. The molecule has 0 bridgehead atoms. The van der Waals surface area contributed by atoms with Crippen LogP contribution in [-0.4, -0.2) is 56.2 Å². The Morgan fingerprint density at radius 2 is 1.57 bits per heavy atom. The van der Waals surface area contributed by atoms with E-state index in [0.717, 1.165) is 0 Å². The molecule has 0 aromatic carbocycles. The average Bonchev–Trinajstić information content (AvgIpc) is 2.36.